The zero-order valence-electron chi connectivity index (χ0n) is 13.3. The third kappa shape index (κ3) is 3.22. The number of carbonyl (C=O) groups excluding carboxylic acids is 1. The number of rotatable bonds is 4. The molecule has 0 saturated heterocycles. The quantitative estimate of drug-likeness (QED) is 0.574. The van der Waals surface area contributed by atoms with Crippen LogP contribution in [0.5, 0.6) is 0 Å². The molecule has 0 aliphatic carbocycles. The minimum Gasteiger partial charge on any atom is -0.321 e. The number of nitrogens with one attached hydrogen (secondary N) is 1. The van der Waals surface area contributed by atoms with Crippen molar-refractivity contribution in [3.05, 3.63) is 90.1 Å². The fourth-order valence-electron chi connectivity index (χ4n) is 2.60. The van der Waals surface area contributed by atoms with Crippen molar-refractivity contribution >= 4 is 22.9 Å². The van der Waals surface area contributed by atoms with Crippen LogP contribution in [0.2, 0.25) is 0 Å². The van der Waals surface area contributed by atoms with Crippen molar-refractivity contribution < 1.29 is 4.79 Å². The maximum absolute atomic E-state index is 12.6. The largest absolute Gasteiger partial charge is 0.321 e. The highest BCUT2D eigenvalue weighted by Crippen LogP contribution is 2.31. The number of nitrogens with zero attached hydrogens (tertiary/aromatic N) is 2. The van der Waals surface area contributed by atoms with Gasteiger partial charge in [0.25, 0.3) is 5.91 Å². The van der Waals surface area contributed by atoms with Gasteiger partial charge in [0.2, 0.25) is 0 Å². The highest BCUT2D eigenvalue weighted by molar-refractivity contribution is 7.13. The summed E-state index contributed by atoms with van der Waals surface area (Å²) in [6, 6.07) is 21.6. The number of para-hydroxylation sites is 2. The van der Waals surface area contributed by atoms with Crippen molar-refractivity contribution in [3.63, 3.8) is 0 Å². The van der Waals surface area contributed by atoms with E-state index in [-0.39, 0.29) is 5.91 Å². The fraction of sp³-hybridized carbons (Fsp3) is 0. The molecule has 4 nitrogen and oxygen atoms in total. The lowest BCUT2D eigenvalue weighted by molar-refractivity contribution is 0.102. The first kappa shape index (κ1) is 15.4. The summed E-state index contributed by atoms with van der Waals surface area (Å²) in [7, 11) is 0. The second kappa shape index (κ2) is 6.75. The van der Waals surface area contributed by atoms with Gasteiger partial charge in [-0.05, 0) is 29.6 Å². The molecule has 0 bridgehead atoms. The van der Waals surface area contributed by atoms with Gasteiger partial charge >= 0.3 is 0 Å². The van der Waals surface area contributed by atoms with E-state index in [9.17, 15) is 4.79 Å². The van der Waals surface area contributed by atoms with E-state index in [0.717, 1.165) is 21.8 Å². The molecule has 1 amide bonds. The number of benzene rings is 2. The van der Waals surface area contributed by atoms with Crippen LogP contribution in [-0.2, 0) is 0 Å². The van der Waals surface area contributed by atoms with E-state index >= 15 is 0 Å². The number of thiophene rings is 1. The molecular weight excluding hydrogens is 330 g/mol. The van der Waals surface area contributed by atoms with Gasteiger partial charge in [0.05, 0.1) is 17.4 Å². The van der Waals surface area contributed by atoms with Gasteiger partial charge in [-0.15, -0.1) is 11.3 Å². The molecule has 25 heavy (non-hydrogen) atoms. The number of hydrogen-bond donors (Lipinski definition) is 1. The van der Waals surface area contributed by atoms with Crippen LogP contribution in [0.25, 0.3) is 16.1 Å². The summed E-state index contributed by atoms with van der Waals surface area (Å²) in [6.45, 7) is 0. The molecule has 0 aliphatic heterocycles. The van der Waals surface area contributed by atoms with E-state index in [1.54, 1.807) is 28.4 Å². The zero-order valence-corrected chi connectivity index (χ0v) is 14.1. The number of carbonyl (C=O) groups is 1. The molecule has 0 atom stereocenters. The first-order valence-corrected chi connectivity index (χ1v) is 8.73. The molecule has 0 unspecified atom stereocenters. The van der Waals surface area contributed by atoms with Gasteiger partial charge in [-0.2, -0.15) is 5.10 Å². The molecule has 0 radical (unpaired) electrons. The van der Waals surface area contributed by atoms with Gasteiger partial charge < -0.3 is 5.32 Å². The summed E-state index contributed by atoms with van der Waals surface area (Å²) in [5.41, 5.74) is 3.24. The van der Waals surface area contributed by atoms with Crippen molar-refractivity contribution in [1.29, 1.82) is 0 Å². The van der Waals surface area contributed by atoms with Gasteiger partial charge in [-0.3, -0.25) is 4.79 Å². The van der Waals surface area contributed by atoms with E-state index in [0.29, 0.717) is 5.56 Å². The van der Waals surface area contributed by atoms with Gasteiger partial charge in [-0.1, -0.05) is 42.5 Å². The molecule has 0 fully saturated rings. The van der Waals surface area contributed by atoms with Crippen LogP contribution in [0.4, 0.5) is 5.69 Å². The zero-order chi connectivity index (χ0) is 17.1. The first-order valence-electron chi connectivity index (χ1n) is 7.85. The standard InChI is InChI=1S/C20H15N3OS/c24-20(15-13-21-23(14-15)16-7-2-1-3-8-16)22-18-10-5-4-9-17(18)19-11-6-12-25-19/h1-14H,(H,22,24). The Hall–Kier alpha value is -3.18. The average Bonchev–Trinajstić information content (AvgIpc) is 3.35. The van der Waals surface area contributed by atoms with Crippen molar-refractivity contribution in [2.75, 3.05) is 5.32 Å². The minimum absolute atomic E-state index is 0.175. The lowest BCUT2D eigenvalue weighted by Gasteiger charge is -2.09. The Morgan fingerprint density at radius 3 is 2.56 bits per heavy atom. The Kier molecular flexibility index (Phi) is 4.14. The van der Waals surface area contributed by atoms with Gasteiger partial charge in [-0.25, -0.2) is 4.68 Å². The highest BCUT2D eigenvalue weighted by Gasteiger charge is 2.13. The fourth-order valence-corrected chi connectivity index (χ4v) is 3.36. The summed E-state index contributed by atoms with van der Waals surface area (Å²) >= 11 is 1.65. The molecular formula is C20H15N3OS. The SMILES string of the molecule is O=C(Nc1ccccc1-c1cccs1)c1cnn(-c2ccccc2)c1. The summed E-state index contributed by atoms with van der Waals surface area (Å²) in [4.78, 5) is 13.7. The molecule has 1 N–H and O–H groups in total. The molecule has 2 heterocycles. The number of aromatic nitrogens is 2. The maximum Gasteiger partial charge on any atom is 0.258 e. The number of anilines is 1. The Morgan fingerprint density at radius 1 is 0.960 bits per heavy atom. The van der Waals surface area contributed by atoms with E-state index in [4.69, 9.17) is 0 Å². The average molecular weight is 345 g/mol. The number of amides is 1. The second-order valence-corrected chi connectivity index (χ2v) is 6.43. The Morgan fingerprint density at radius 2 is 1.76 bits per heavy atom. The maximum atomic E-state index is 12.6. The van der Waals surface area contributed by atoms with E-state index in [2.05, 4.69) is 10.4 Å². The summed E-state index contributed by atoms with van der Waals surface area (Å²) < 4.78 is 1.69. The molecule has 2 aromatic carbocycles. The highest BCUT2D eigenvalue weighted by atomic mass is 32.1. The second-order valence-electron chi connectivity index (χ2n) is 5.49. The lowest BCUT2D eigenvalue weighted by Crippen LogP contribution is -2.11. The Balaban J connectivity index is 1.59. The molecule has 2 aromatic heterocycles. The minimum atomic E-state index is -0.175. The summed E-state index contributed by atoms with van der Waals surface area (Å²) in [5, 5.41) is 9.30. The lowest BCUT2D eigenvalue weighted by atomic mass is 10.1. The monoisotopic (exact) mass is 345 g/mol. The van der Waals surface area contributed by atoms with Crippen molar-refractivity contribution in [1.82, 2.24) is 9.78 Å². The Bertz CT molecular complexity index is 991. The molecule has 4 aromatic rings. The predicted molar refractivity (Wildman–Crippen MR) is 101 cm³/mol. The van der Waals surface area contributed by atoms with Crippen LogP contribution >= 0.6 is 11.3 Å². The predicted octanol–water partition coefficient (Wildman–Crippen LogP) is 4.85. The van der Waals surface area contributed by atoms with Crippen LogP contribution < -0.4 is 5.32 Å². The van der Waals surface area contributed by atoms with E-state index in [1.807, 2.05) is 72.1 Å². The molecule has 0 aliphatic rings. The van der Waals surface area contributed by atoms with Crippen LogP contribution in [0.3, 0.4) is 0 Å². The summed E-state index contributed by atoms with van der Waals surface area (Å²) in [6.07, 6.45) is 3.31. The topological polar surface area (TPSA) is 46.9 Å². The molecule has 5 heteroatoms. The first-order chi connectivity index (χ1) is 12.3. The van der Waals surface area contributed by atoms with Crippen molar-refractivity contribution in [2.45, 2.75) is 0 Å². The van der Waals surface area contributed by atoms with Crippen molar-refractivity contribution in [2.24, 2.45) is 0 Å². The molecule has 4 rings (SSSR count). The molecule has 122 valence electrons. The van der Waals surface area contributed by atoms with Gasteiger partial charge in [0.1, 0.15) is 0 Å². The van der Waals surface area contributed by atoms with Crippen molar-refractivity contribution in [3.8, 4) is 16.1 Å². The van der Waals surface area contributed by atoms with Crippen LogP contribution in [0.15, 0.2) is 84.5 Å². The Labute approximate surface area is 149 Å². The third-order valence-electron chi connectivity index (χ3n) is 3.83. The number of hydrogen-bond acceptors (Lipinski definition) is 3. The smallest absolute Gasteiger partial charge is 0.258 e. The van der Waals surface area contributed by atoms with E-state index in [1.165, 1.54) is 0 Å². The third-order valence-corrected chi connectivity index (χ3v) is 4.73. The van der Waals surface area contributed by atoms with Crippen LogP contribution in [0, 0.1) is 0 Å². The molecule has 0 spiro atoms. The molecule has 0 saturated carbocycles. The normalized spacial score (nSPS) is 10.6. The van der Waals surface area contributed by atoms with Gasteiger partial charge in [0.15, 0.2) is 0 Å². The van der Waals surface area contributed by atoms with Gasteiger partial charge in [0, 0.05) is 22.3 Å². The van der Waals surface area contributed by atoms with Crippen LogP contribution in [-0.4, -0.2) is 15.7 Å². The van der Waals surface area contributed by atoms with E-state index < -0.39 is 0 Å². The summed E-state index contributed by atoms with van der Waals surface area (Å²) in [5.74, 6) is -0.175. The van der Waals surface area contributed by atoms with Crippen LogP contribution in [0.1, 0.15) is 10.4 Å².